The van der Waals surface area contributed by atoms with Gasteiger partial charge in [0.15, 0.2) is 5.76 Å². The van der Waals surface area contributed by atoms with Crippen molar-refractivity contribution >= 4 is 11.6 Å². The first-order chi connectivity index (χ1) is 10.6. The van der Waals surface area contributed by atoms with Crippen LogP contribution < -0.4 is 5.32 Å². The van der Waals surface area contributed by atoms with E-state index >= 15 is 0 Å². The summed E-state index contributed by atoms with van der Waals surface area (Å²) in [6.07, 6.45) is 0. The molecule has 2 heterocycles. The first kappa shape index (κ1) is 13.9. The molecule has 0 aliphatic rings. The Labute approximate surface area is 124 Å². The van der Waals surface area contributed by atoms with E-state index in [0.29, 0.717) is 17.3 Å². The Morgan fingerprint density at radius 3 is 2.95 bits per heavy atom. The molecule has 0 atom stereocenters. The molecule has 8 heteroatoms. The highest BCUT2D eigenvalue weighted by Gasteiger charge is 2.12. The van der Waals surface area contributed by atoms with Gasteiger partial charge in [-0.25, -0.2) is 4.39 Å². The highest BCUT2D eigenvalue weighted by atomic mass is 19.1. The van der Waals surface area contributed by atoms with Gasteiger partial charge < -0.3 is 9.73 Å². The number of nitrogens with zero attached hydrogens (tertiary/aromatic N) is 4. The van der Waals surface area contributed by atoms with Crippen LogP contribution in [0.5, 0.6) is 0 Å². The van der Waals surface area contributed by atoms with Crippen molar-refractivity contribution in [1.82, 2.24) is 20.2 Å². The van der Waals surface area contributed by atoms with E-state index in [1.54, 1.807) is 25.1 Å². The van der Waals surface area contributed by atoms with E-state index in [2.05, 4.69) is 20.7 Å². The first-order valence-electron chi connectivity index (χ1n) is 6.50. The second kappa shape index (κ2) is 5.76. The van der Waals surface area contributed by atoms with E-state index in [1.165, 1.54) is 18.2 Å². The van der Waals surface area contributed by atoms with Crippen LogP contribution in [0, 0.1) is 12.7 Å². The predicted molar refractivity (Wildman–Crippen MR) is 75.3 cm³/mol. The zero-order chi connectivity index (χ0) is 15.5. The van der Waals surface area contributed by atoms with Gasteiger partial charge >= 0.3 is 0 Å². The molecule has 2 aromatic heterocycles. The zero-order valence-corrected chi connectivity index (χ0v) is 11.7. The number of tetrazole rings is 1. The SMILES string of the molecule is Cc1ccc(-c2nnn(CC(=O)Nc3cccc(F)c3)n2)o1. The Morgan fingerprint density at radius 2 is 2.23 bits per heavy atom. The summed E-state index contributed by atoms with van der Waals surface area (Å²) < 4.78 is 18.4. The quantitative estimate of drug-likeness (QED) is 0.796. The molecule has 0 bridgehead atoms. The maximum atomic E-state index is 13.0. The minimum absolute atomic E-state index is 0.136. The Kier molecular flexibility index (Phi) is 3.65. The van der Waals surface area contributed by atoms with E-state index in [1.807, 2.05) is 0 Å². The zero-order valence-electron chi connectivity index (χ0n) is 11.7. The van der Waals surface area contributed by atoms with Gasteiger partial charge in [-0.05, 0) is 42.5 Å². The van der Waals surface area contributed by atoms with Crippen LogP contribution in [0.3, 0.4) is 0 Å². The molecule has 1 amide bonds. The molecule has 0 unspecified atom stereocenters. The Balaban J connectivity index is 1.66. The lowest BCUT2D eigenvalue weighted by Gasteiger charge is -2.03. The topological polar surface area (TPSA) is 85.8 Å². The highest BCUT2D eigenvalue weighted by Crippen LogP contribution is 2.16. The van der Waals surface area contributed by atoms with Crippen LogP contribution in [-0.2, 0) is 11.3 Å². The monoisotopic (exact) mass is 301 g/mol. The molecular weight excluding hydrogens is 289 g/mol. The van der Waals surface area contributed by atoms with E-state index in [-0.39, 0.29) is 12.5 Å². The molecule has 0 spiro atoms. The summed E-state index contributed by atoms with van der Waals surface area (Å²) in [6, 6.07) is 9.13. The van der Waals surface area contributed by atoms with Gasteiger partial charge in [0, 0.05) is 5.69 Å². The van der Waals surface area contributed by atoms with Crippen molar-refractivity contribution < 1.29 is 13.6 Å². The number of aryl methyl sites for hydroxylation is 1. The Hall–Kier alpha value is -3.03. The lowest BCUT2D eigenvalue weighted by molar-refractivity contribution is -0.117. The molecule has 0 saturated carbocycles. The smallest absolute Gasteiger partial charge is 0.248 e. The number of hydrogen-bond donors (Lipinski definition) is 1. The summed E-state index contributed by atoms with van der Waals surface area (Å²) in [6.45, 7) is 1.67. The fourth-order valence-corrected chi connectivity index (χ4v) is 1.86. The largest absolute Gasteiger partial charge is 0.458 e. The maximum absolute atomic E-state index is 13.0. The molecule has 1 N–H and O–H groups in total. The van der Waals surface area contributed by atoms with E-state index in [0.717, 1.165) is 10.6 Å². The summed E-state index contributed by atoms with van der Waals surface area (Å²) in [5.74, 6) is 0.702. The van der Waals surface area contributed by atoms with Crippen molar-refractivity contribution in [3.8, 4) is 11.6 Å². The van der Waals surface area contributed by atoms with Crippen molar-refractivity contribution in [2.45, 2.75) is 13.5 Å². The van der Waals surface area contributed by atoms with E-state index in [9.17, 15) is 9.18 Å². The number of amides is 1. The standard InChI is InChI=1S/C14H12FN5O2/c1-9-5-6-12(22-9)14-17-19-20(18-14)8-13(21)16-11-4-2-3-10(15)7-11/h2-7H,8H2,1H3,(H,16,21). The second-order valence-corrected chi connectivity index (χ2v) is 4.61. The Bertz CT molecular complexity index is 811. The first-order valence-corrected chi connectivity index (χ1v) is 6.50. The van der Waals surface area contributed by atoms with Gasteiger partial charge in [-0.15, -0.1) is 10.2 Å². The third-order valence-electron chi connectivity index (χ3n) is 2.81. The lowest BCUT2D eigenvalue weighted by atomic mass is 10.3. The maximum Gasteiger partial charge on any atom is 0.248 e. The van der Waals surface area contributed by atoms with Gasteiger partial charge in [-0.3, -0.25) is 4.79 Å². The van der Waals surface area contributed by atoms with Crippen LogP contribution in [0.25, 0.3) is 11.6 Å². The van der Waals surface area contributed by atoms with E-state index in [4.69, 9.17) is 4.42 Å². The number of benzene rings is 1. The average Bonchev–Trinajstić information content (AvgIpc) is 3.07. The predicted octanol–water partition coefficient (Wildman–Crippen LogP) is 2.02. The highest BCUT2D eigenvalue weighted by molar-refractivity contribution is 5.90. The molecule has 0 radical (unpaired) electrons. The molecular formula is C14H12FN5O2. The number of nitrogens with one attached hydrogen (secondary N) is 1. The Morgan fingerprint density at radius 1 is 1.36 bits per heavy atom. The molecule has 7 nitrogen and oxygen atoms in total. The molecule has 3 rings (SSSR count). The number of anilines is 1. The molecule has 112 valence electrons. The van der Waals surface area contributed by atoms with Gasteiger partial charge in [-0.2, -0.15) is 4.80 Å². The number of hydrogen-bond acceptors (Lipinski definition) is 5. The number of carbonyl (C=O) groups excluding carboxylic acids is 1. The molecule has 0 aliphatic heterocycles. The van der Waals surface area contributed by atoms with Crippen LogP contribution >= 0.6 is 0 Å². The number of rotatable bonds is 4. The van der Waals surface area contributed by atoms with Crippen molar-refractivity contribution in [2.24, 2.45) is 0 Å². The van der Waals surface area contributed by atoms with Crippen LogP contribution in [0.4, 0.5) is 10.1 Å². The van der Waals surface area contributed by atoms with Gasteiger partial charge in [0.1, 0.15) is 18.1 Å². The fourth-order valence-electron chi connectivity index (χ4n) is 1.86. The van der Waals surface area contributed by atoms with Crippen molar-refractivity contribution in [3.63, 3.8) is 0 Å². The van der Waals surface area contributed by atoms with Crippen molar-refractivity contribution in [3.05, 3.63) is 48.0 Å². The van der Waals surface area contributed by atoms with Gasteiger partial charge in [-0.1, -0.05) is 6.07 Å². The van der Waals surface area contributed by atoms with Crippen LogP contribution in [0.1, 0.15) is 5.76 Å². The third kappa shape index (κ3) is 3.17. The minimum atomic E-state index is -0.424. The molecule has 22 heavy (non-hydrogen) atoms. The summed E-state index contributed by atoms with van der Waals surface area (Å²) in [5, 5.41) is 14.2. The molecule has 3 aromatic rings. The number of halogens is 1. The van der Waals surface area contributed by atoms with Crippen LogP contribution in [0.15, 0.2) is 40.8 Å². The summed E-state index contributed by atoms with van der Waals surface area (Å²) in [5.41, 5.74) is 0.368. The summed E-state index contributed by atoms with van der Waals surface area (Å²) in [7, 11) is 0. The normalized spacial score (nSPS) is 10.6. The minimum Gasteiger partial charge on any atom is -0.458 e. The average molecular weight is 301 g/mol. The van der Waals surface area contributed by atoms with Gasteiger partial charge in [0.2, 0.25) is 11.7 Å². The fraction of sp³-hybridized carbons (Fsp3) is 0.143. The van der Waals surface area contributed by atoms with E-state index < -0.39 is 5.82 Å². The van der Waals surface area contributed by atoms with Gasteiger partial charge in [0.05, 0.1) is 0 Å². The van der Waals surface area contributed by atoms with Crippen molar-refractivity contribution in [2.75, 3.05) is 5.32 Å². The van der Waals surface area contributed by atoms with Crippen molar-refractivity contribution in [1.29, 1.82) is 0 Å². The summed E-state index contributed by atoms with van der Waals surface area (Å²) >= 11 is 0. The number of aromatic nitrogens is 4. The lowest BCUT2D eigenvalue weighted by Crippen LogP contribution is -2.20. The summed E-state index contributed by atoms with van der Waals surface area (Å²) in [4.78, 5) is 13.0. The molecule has 0 fully saturated rings. The number of furan rings is 1. The molecule has 0 aliphatic carbocycles. The number of carbonyl (C=O) groups is 1. The third-order valence-corrected chi connectivity index (χ3v) is 2.81. The van der Waals surface area contributed by atoms with Crippen LogP contribution in [0.2, 0.25) is 0 Å². The van der Waals surface area contributed by atoms with Crippen LogP contribution in [-0.4, -0.2) is 26.1 Å². The molecule has 1 aromatic carbocycles. The second-order valence-electron chi connectivity index (χ2n) is 4.61. The molecule has 0 saturated heterocycles. The van der Waals surface area contributed by atoms with Gasteiger partial charge in [0.25, 0.3) is 0 Å².